The van der Waals surface area contributed by atoms with E-state index in [4.69, 9.17) is 0 Å². The first-order valence-corrected chi connectivity index (χ1v) is 6.23. The van der Waals surface area contributed by atoms with Gasteiger partial charge in [-0.05, 0) is 47.3 Å². The van der Waals surface area contributed by atoms with Gasteiger partial charge in [-0.25, -0.2) is 0 Å². The predicted molar refractivity (Wildman–Crippen MR) is 66.3 cm³/mol. The van der Waals surface area contributed by atoms with Crippen LogP contribution < -0.4 is 5.32 Å². The molecule has 0 aliphatic carbocycles. The normalized spacial score (nSPS) is 26.8. The zero-order valence-electron chi connectivity index (χ0n) is 10.8. The van der Waals surface area contributed by atoms with Crippen LogP contribution in [0, 0.1) is 0 Å². The molecule has 0 radical (unpaired) electrons. The summed E-state index contributed by atoms with van der Waals surface area (Å²) in [6.45, 7) is 9.56. The molecule has 0 aromatic carbocycles. The Kier molecular flexibility index (Phi) is 5.58. The van der Waals surface area contributed by atoms with E-state index >= 15 is 0 Å². The van der Waals surface area contributed by atoms with Gasteiger partial charge in [-0.1, -0.05) is 0 Å². The van der Waals surface area contributed by atoms with E-state index in [1.165, 1.54) is 39.0 Å². The van der Waals surface area contributed by atoms with E-state index in [0.29, 0.717) is 6.04 Å². The molecule has 15 heavy (non-hydrogen) atoms. The van der Waals surface area contributed by atoms with E-state index in [9.17, 15) is 0 Å². The number of nitrogens with one attached hydrogen (secondary N) is 1. The molecule has 1 heterocycles. The first-order chi connectivity index (χ1) is 7.13. The summed E-state index contributed by atoms with van der Waals surface area (Å²) in [7, 11) is 4.27. The first kappa shape index (κ1) is 12.9. The van der Waals surface area contributed by atoms with Crippen molar-refractivity contribution >= 4 is 0 Å². The lowest BCUT2D eigenvalue weighted by atomic mass is 10.1. The van der Waals surface area contributed by atoms with Crippen LogP contribution in [0.4, 0.5) is 0 Å². The van der Waals surface area contributed by atoms with Gasteiger partial charge in [-0.15, -0.1) is 0 Å². The molecule has 0 aromatic heterocycles. The van der Waals surface area contributed by atoms with Crippen molar-refractivity contribution in [2.75, 3.05) is 40.3 Å². The fourth-order valence-electron chi connectivity index (χ4n) is 2.09. The molecule has 0 saturated carbocycles. The molecular formula is C12H27N3. The smallest absolute Gasteiger partial charge is 0.0192 e. The Labute approximate surface area is 94.8 Å². The number of likely N-dealkylation sites (N-methyl/N-ethyl adjacent to an activating group) is 1. The summed E-state index contributed by atoms with van der Waals surface area (Å²) < 4.78 is 0. The number of hydrogen-bond acceptors (Lipinski definition) is 3. The third kappa shape index (κ3) is 4.49. The Morgan fingerprint density at radius 2 is 2.13 bits per heavy atom. The van der Waals surface area contributed by atoms with E-state index in [0.717, 1.165) is 6.04 Å². The lowest BCUT2D eigenvalue weighted by molar-refractivity contribution is 0.103. The van der Waals surface area contributed by atoms with Gasteiger partial charge >= 0.3 is 0 Å². The fraction of sp³-hybridized carbons (Fsp3) is 1.00. The van der Waals surface area contributed by atoms with Crippen LogP contribution in [0.15, 0.2) is 0 Å². The van der Waals surface area contributed by atoms with Crippen LogP contribution >= 0.6 is 0 Å². The summed E-state index contributed by atoms with van der Waals surface area (Å²) in [6, 6.07) is 1.38. The molecule has 1 rings (SSSR count). The van der Waals surface area contributed by atoms with Crippen molar-refractivity contribution < 1.29 is 0 Å². The van der Waals surface area contributed by atoms with Crippen molar-refractivity contribution in [1.29, 1.82) is 0 Å². The lowest BCUT2D eigenvalue weighted by Gasteiger charge is -2.37. The zero-order valence-corrected chi connectivity index (χ0v) is 10.8. The Bertz CT molecular complexity index is 172. The quantitative estimate of drug-likeness (QED) is 0.735. The number of nitrogens with zero attached hydrogens (tertiary/aromatic N) is 2. The first-order valence-electron chi connectivity index (χ1n) is 6.23. The maximum atomic E-state index is 3.29. The average molecular weight is 213 g/mol. The van der Waals surface area contributed by atoms with Gasteiger partial charge < -0.3 is 15.1 Å². The third-order valence-corrected chi connectivity index (χ3v) is 3.65. The molecule has 0 spiro atoms. The van der Waals surface area contributed by atoms with Gasteiger partial charge in [-0.2, -0.15) is 0 Å². The molecule has 1 aliphatic rings. The highest BCUT2D eigenvalue weighted by atomic mass is 15.3. The molecule has 1 saturated heterocycles. The van der Waals surface area contributed by atoms with Crippen LogP contribution in [0.25, 0.3) is 0 Å². The van der Waals surface area contributed by atoms with Gasteiger partial charge in [0, 0.05) is 31.7 Å². The topological polar surface area (TPSA) is 18.5 Å². The SMILES string of the molecule is CNC(C)CCCN1CCN(C)C(C)C1. The van der Waals surface area contributed by atoms with Crippen molar-refractivity contribution in [3.63, 3.8) is 0 Å². The van der Waals surface area contributed by atoms with Crippen molar-refractivity contribution in [3.05, 3.63) is 0 Å². The number of piperazine rings is 1. The Morgan fingerprint density at radius 1 is 1.40 bits per heavy atom. The van der Waals surface area contributed by atoms with Gasteiger partial charge in [-0.3, -0.25) is 0 Å². The van der Waals surface area contributed by atoms with Crippen LogP contribution in [0.5, 0.6) is 0 Å². The van der Waals surface area contributed by atoms with Gasteiger partial charge in [0.1, 0.15) is 0 Å². The highest BCUT2D eigenvalue weighted by Gasteiger charge is 2.19. The van der Waals surface area contributed by atoms with Gasteiger partial charge in [0.25, 0.3) is 0 Å². The minimum Gasteiger partial charge on any atom is -0.317 e. The van der Waals surface area contributed by atoms with Crippen LogP contribution in [0.2, 0.25) is 0 Å². The highest BCUT2D eigenvalue weighted by Crippen LogP contribution is 2.08. The van der Waals surface area contributed by atoms with E-state index in [2.05, 4.69) is 36.0 Å². The molecular weight excluding hydrogens is 186 g/mol. The van der Waals surface area contributed by atoms with Crippen LogP contribution in [0.3, 0.4) is 0 Å². The molecule has 1 fully saturated rings. The average Bonchev–Trinajstić information content (AvgIpc) is 2.23. The van der Waals surface area contributed by atoms with Crippen LogP contribution in [-0.2, 0) is 0 Å². The standard InChI is InChI=1S/C12H27N3/c1-11(13-3)6-5-7-15-9-8-14(4)12(2)10-15/h11-13H,5-10H2,1-4H3. The second kappa shape index (κ2) is 6.46. The molecule has 1 N–H and O–H groups in total. The summed E-state index contributed by atoms with van der Waals surface area (Å²) in [5.41, 5.74) is 0. The third-order valence-electron chi connectivity index (χ3n) is 3.65. The summed E-state index contributed by atoms with van der Waals surface area (Å²) in [5.74, 6) is 0. The summed E-state index contributed by atoms with van der Waals surface area (Å²) >= 11 is 0. The molecule has 2 unspecified atom stereocenters. The molecule has 0 amide bonds. The summed E-state index contributed by atoms with van der Waals surface area (Å²) in [6.07, 6.45) is 2.61. The van der Waals surface area contributed by atoms with Crippen molar-refractivity contribution in [2.24, 2.45) is 0 Å². The number of rotatable bonds is 5. The molecule has 3 heteroatoms. The van der Waals surface area contributed by atoms with Gasteiger partial charge in [0.2, 0.25) is 0 Å². The van der Waals surface area contributed by atoms with Crippen molar-refractivity contribution in [1.82, 2.24) is 15.1 Å². The Morgan fingerprint density at radius 3 is 2.73 bits per heavy atom. The molecule has 0 bridgehead atoms. The molecule has 1 aliphatic heterocycles. The van der Waals surface area contributed by atoms with E-state index < -0.39 is 0 Å². The number of hydrogen-bond donors (Lipinski definition) is 1. The van der Waals surface area contributed by atoms with Crippen molar-refractivity contribution in [3.8, 4) is 0 Å². The fourth-order valence-corrected chi connectivity index (χ4v) is 2.09. The van der Waals surface area contributed by atoms with Crippen LogP contribution in [-0.4, -0.2) is 62.2 Å². The van der Waals surface area contributed by atoms with E-state index in [1.54, 1.807) is 0 Å². The summed E-state index contributed by atoms with van der Waals surface area (Å²) in [4.78, 5) is 5.06. The lowest BCUT2D eigenvalue weighted by Crippen LogP contribution is -2.50. The van der Waals surface area contributed by atoms with E-state index in [-0.39, 0.29) is 0 Å². The van der Waals surface area contributed by atoms with Gasteiger partial charge in [0.05, 0.1) is 0 Å². The molecule has 3 nitrogen and oxygen atoms in total. The minimum atomic E-state index is 0.662. The maximum Gasteiger partial charge on any atom is 0.0192 e. The highest BCUT2D eigenvalue weighted by molar-refractivity contribution is 4.76. The monoisotopic (exact) mass is 213 g/mol. The van der Waals surface area contributed by atoms with Gasteiger partial charge in [0.15, 0.2) is 0 Å². The van der Waals surface area contributed by atoms with E-state index in [1.807, 2.05) is 7.05 Å². The van der Waals surface area contributed by atoms with Crippen molar-refractivity contribution in [2.45, 2.75) is 38.8 Å². The second-order valence-electron chi connectivity index (χ2n) is 4.96. The molecule has 2 atom stereocenters. The maximum absolute atomic E-state index is 3.29. The predicted octanol–water partition coefficient (Wildman–Crippen LogP) is 1.01. The summed E-state index contributed by atoms with van der Waals surface area (Å²) in [5, 5.41) is 3.29. The van der Waals surface area contributed by atoms with Crippen LogP contribution in [0.1, 0.15) is 26.7 Å². The second-order valence-corrected chi connectivity index (χ2v) is 4.96. The zero-order chi connectivity index (χ0) is 11.3. The molecule has 0 aromatic rings. The largest absolute Gasteiger partial charge is 0.317 e. The Balaban J connectivity index is 2.12. The minimum absolute atomic E-state index is 0.662. The Hall–Kier alpha value is -0.120. The molecule has 90 valence electrons.